The van der Waals surface area contributed by atoms with E-state index in [1.165, 1.54) is 4.31 Å². The Morgan fingerprint density at radius 1 is 1.00 bits per heavy atom. The molecule has 0 bridgehead atoms. The first-order valence-electron chi connectivity index (χ1n) is 9.51. The van der Waals surface area contributed by atoms with Crippen molar-refractivity contribution in [3.63, 3.8) is 0 Å². The van der Waals surface area contributed by atoms with Crippen molar-refractivity contribution in [2.24, 2.45) is 0 Å². The van der Waals surface area contributed by atoms with Crippen LogP contribution in [0.5, 0.6) is 11.5 Å². The molecule has 0 unspecified atom stereocenters. The normalized spacial score (nSPS) is 11.0. The first-order chi connectivity index (χ1) is 14.5. The van der Waals surface area contributed by atoms with Crippen LogP contribution in [0.4, 0.5) is 5.69 Å². The molecule has 0 radical (unpaired) electrons. The highest BCUT2D eigenvalue weighted by atomic mass is 32.2. The lowest BCUT2D eigenvalue weighted by atomic mass is 10.2. The predicted octanol–water partition coefficient (Wildman–Crippen LogP) is 4.96. The molecule has 0 aromatic heterocycles. The summed E-state index contributed by atoms with van der Waals surface area (Å²) in [6, 6.07) is 21.7. The van der Waals surface area contributed by atoms with Gasteiger partial charge in [0.1, 0.15) is 18.1 Å². The van der Waals surface area contributed by atoms with Gasteiger partial charge in [-0.2, -0.15) is 0 Å². The van der Waals surface area contributed by atoms with Gasteiger partial charge in [-0.25, -0.2) is 8.42 Å². The van der Waals surface area contributed by atoms with Crippen molar-refractivity contribution in [2.75, 3.05) is 18.0 Å². The third kappa shape index (κ3) is 4.83. The number of anilines is 1. The van der Waals surface area contributed by atoms with Crippen LogP contribution in [0, 0.1) is 6.92 Å². The number of nitrogens with zero attached hydrogens (tertiary/aromatic N) is 1. The SMILES string of the molecule is C=CCN(c1ccc(OCc2ccccc2)cc1)S(=O)(=O)c1ccc(OC)c(C)c1. The number of sulfonamides is 1. The molecule has 0 spiro atoms. The van der Waals surface area contributed by atoms with E-state index in [0.29, 0.717) is 23.8 Å². The molecule has 0 aliphatic carbocycles. The first kappa shape index (κ1) is 21.5. The minimum Gasteiger partial charge on any atom is -0.496 e. The Morgan fingerprint density at radius 3 is 2.30 bits per heavy atom. The topological polar surface area (TPSA) is 55.8 Å². The summed E-state index contributed by atoms with van der Waals surface area (Å²) in [5.41, 5.74) is 2.35. The maximum Gasteiger partial charge on any atom is 0.264 e. The molecule has 5 nitrogen and oxygen atoms in total. The van der Waals surface area contributed by atoms with Crippen LogP contribution in [-0.4, -0.2) is 22.1 Å². The number of rotatable bonds is 9. The van der Waals surface area contributed by atoms with Gasteiger partial charge in [0.2, 0.25) is 0 Å². The zero-order chi connectivity index (χ0) is 21.6. The summed E-state index contributed by atoms with van der Waals surface area (Å²) in [4.78, 5) is 0.201. The van der Waals surface area contributed by atoms with Crippen molar-refractivity contribution in [2.45, 2.75) is 18.4 Å². The van der Waals surface area contributed by atoms with Crippen molar-refractivity contribution >= 4 is 15.7 Å². The minimum absolute atomic E-state index is 0.150. The zero-order valence-corrected chi connectivity index (χ0v) is 17.9. The summed E-state index contributed by atoms with van der Waals surface area (Å²) in [6.45, 7) is 6.12. The molecule has 0 saturated heterocycles. The second-order valence-electron chi connectivity index (χ2n) is 6.72. The summed E-state index contributed by atoms with van der Waals surface area (Å²) in [6.07, 6.45) is 1.56. The summed E-state index contributed by atoms with van der Waals surface area (Å²) in [5, 5.41) is 0. The molecule has 0 heterocycles. The van der Waals surface area contributed by atoms with Crippen LogP contribution < -0.4 is 13.8 Å². The monoisotopic (exact) mass is 423 g/mol. The highest BCUT2D eigenvalue weighted by Crippen LogP contribution is 2.28. The number of hydrogen-bond acceptors (Lipinski definition) is 4. The molecule has 0 atom stereocenters. The van der Waals surface area contributed by atoms with Crippen molar-refractivity contribution in [3.8, 4) is 11.5 Å². The average Bonchev–Trinajstić information content (AvgIpc) is 2.77. The highest BCUT2D eigenvalue weighted by molar-refractivity contribution is 7.92. The third-order valence-electron chi connectivity index (χ3n) is 4.62. The van der Waals surface area contributed by atoms with Gasteiger partial charge >= 0.3 is 0 Å². The molecule has 0 saturated carbocycles. The Balaban J connectivity index is 1.83. The van der Waals surface area contributed by atoms with Crippen molar-refractivity contribution < 1.29 is 17.9 Å². The lowest BCUT2D eigenvalue weighted by Gasteiger charge is -2.24. The van der Waals surface area contributed by atoms with Crippen LogP contribution >= 0.6 is 0 Å². The Morgan fingerprint density at radius 2 is 1.70 bits per heavy atom. The maximum absolute atomic E-state index is 13.3. The molecule has 3 aromatic carbocycles. The van der Waals surface area contributed by atoms with Crippen molar-refractivity contribution in [3.05, 3.63) is 96.6 Å². The van der Waals surface area contributed by atoms with Gasteiger partial charge in [0.15, 0.2) is 0 Å². The van der Waals surface area contributed by atoms with Crippen molar-refractivity contribution in [1.82, 2.24) is 0 Å². The summed E-state index contributed by atoms with van der Waals surface area (Å²) >= 11 is 0. The predicted molar refractivity (Wildman–Crippen MR) is 120 cm³/mol. The van der Waals surface area contributed by atoms with Gasteiger partial charge in [-0.05, 0) is 60.5 Å². The smallest absolute Gasteiger partial charge is 0.264 e. The number of aryl methyl sites for hydroxylation is 1. The minimum atomic E-state index is -3.77. The molecular formula is C24H25NO4S. The standard InChI is InChI=1S/C24H25NO4S/c1-4-16-25(30(26,27)23-14-15-24(28-3)19(2)17-23)21-10-12-22(13-11-21)29-18-20-8-6-5-7-9-20/h4-15,17H,1,16,18H2,2-3H3. The Labute approximate surface area is 178 Å². The van der Waals surface area contributed by atoms with Gasteiger partial charge < -0.3 is 9.47 Å². The van der Waals surface area contributed by atoms with Gasteiger partial charge in [-0.3, -0.25) is 4.31 Å². The number of ether oxygens (including phenoxy) is 2. The van der Waals surface area contributed by atoms with Gasteiger partial charge in [0.25, 0.3) is 10.0 Å². The Hall–Kier alpha value is -3.25. The van der Waals surface area contributed by atoms with E-state index in [1.54, 1.807) is 55.7 Å². The molecular weight excluding hydrogens is 398 g/mol. The molecule has 0 N–H and O–H groups in total. The maximum atomic E-state index is 13.3. The molecule has 6 heteroatoms. The molecule has 0 aliphatic rings. The second-order valence-corrected chi connectivity index (χ2v) is 8.59. The lowest BCUT2D eigenvalue weighted by Crippen LogP contribution is -2.31. The van der Waals surface area contributed by atoms with Crippen LogP contribution in [0.25, 0.3) is 0 Å². The Bertz CT molecular complexity index is 1090. The summed E-state index contributed by atoms with van der Waals surface area (Å²) in [5.74, 6) is 1.31. The number of hydrogen-bond donors (Lipinski definition) is 0. The lowest BCUT2D eigenvalue weighted by molar-refractivity contribution is 0.306. The molecule has 0 fully saturated rings. The largest absolute Gasteiger partial charge is 0.496 e. The fourth-order valence-electron chi connectivity index (χ4n) is 3.05. The quantitative estimate of drug-likeness (QED) is 0.456. The van der Waals surface area contributed by atoms with Gasteiger partial charge in [0.05, 0.1) is 24.2 Å². The summed E-state index contributed by atoms with van der Waals surface area (Å²) in [7, 11) is -2.21. The van der Waals surface area contributed by atoms with Crippen LogP contribution in [0.1, 0.15) is 11.1 Å². The van der Waals surface area contributed by atoms with Crippen LogP contribution in [0.2, 0.25) is 0 Å². The van der Waals surface area contributed by atoms with Crippen molar-refractivity contribution in [1.29, 1.82) is 0 Å². The van der Waals surface area contributed by atoms with E-state index in [2.05, 4.69) is 6.58 Å². The van der Waals surface area contributed by atoms with E-state index >= 15 is 0 Å². The molecule has 30 heavy (non-hydrogen) atoms. The molecule has 156 valence electrons. The van der Waals surface area contributed by atoms with E-state index in [4.69, 9.17) is 9.47 Å². The Kier molecular flexibility index (Phi) is 6.79. The molecule has 0 amide bonds. The fraction of sp³-hybridized carbons (Fsp3) is 0.167. The molecule has 3 rings (SSSR count). The first-order valence-corrected chi connectivity index (χ1v) is 10.9. The van der Waals surface area contributed by atoms with E-state index in [0.717, 1.165) is 11.1 Å². The van der Waals surface area contributed by atoms with Gasteiger partial charge in [0, 0.05) is 0 Å². The number of benzene rings is 3. The molecule has 0 aliphatic heterocycles. The van der Waals surface area contributed by atoms with E-state index in [-0.39, 0.29) is 11.4 Å². The van der Waals surface area contributed by atoms with Crippen LogP contribution in [0.15, 0.2) is 90.3 Å². The third-order valence-corrected chi connectivity index (χ3v) is 6.41. The average molecular weight is 424 g/mol. The van der Waals surface area contributed by atoms with E-state index in [9.17, 15) is 8.42 Å². The van der Waals surface area contributed by atoms with Gasteiger partial charge in [-0.15, -0.1) is 6.58 Å². The van der Waals surface area contributed by atoms with Crippen LogP contribution in [0.3, 0.4) is 0 Å². The molecule has 3 aromatic rings. The van der Waals surface area contributed by atoms with E-state index in [1.807, 2.05) is 37.3 Å². The fourth-order valence-corrected chi connectivity index (χ4v) is 4.57. The highest BCUT2D eigenvalue weighted by Gasteiger charge is 2.24. The zero-order valence-electron chi connectivity index (χ0n) is 17.1. The number of methoxy groups -OCH3 is 1. The van der Waals surface area contributed by atoms with Gasteiger partial charge in [-0.1, -0.05) is 36.4 Å². The van der Waals surface area contributed by atoms with Crippen LogP contribution in [-0.2, 0) is 16.6 Å². The summed E-state index contributed by atoms with van der Waals surface area (Å²) < 4.78 is 38.9. The van der Waals surface area contributed by atoms with E-state index < -0.39 is 10.0 Å². The second kappa shape index (κ2) is 9.50.